The first kappa shape index (κ1) is 13.9. The van der Waals surface area contributed by atoms with Crippen LogP contribution >= 0.6 is 11.6 Å². The molecule has 5 nitrogen and oxygen atoms in total. The van der Waals surface area contributed by atoms with Gasteiger partial charge < -0.3 is 11.1 Å². The quantitative estimate of drug-likeness (QED) is 0.852. The Hall–Kier alpha value is -1.14. The molecule has 94 valence electrons. The van der Waals surface area contributed by atoms with Crippen LogP contribution in [0.1, 0.15) is 17.4 Å². The van der Waals surface area contributed by atoms with Gasteiger partial charge in [-0.3, -0.25) is 9.00 Å². The lowest BCUT2D eigenvalue weighted by atomic mass is 10.3. The zero-order chi connectivity index (χ0) is 13.0. The van der Waals surface area contributed by atoms with Crippen LogP contribution in [0.3, 0.4) is 0 Å². The van der Waals surface area contributed by atoms with Gasteiger partial charge in [0, 0.05) is 28.9 Å². The lowest BCUT2D eigenvalue weighted by molar-refractivity contribution is 0.0939. The second-order valence-corrected chi connectivity index (χ2v) is 5.57. The molecule has 0 aliphatic rings. The van der Waals surface area contributed by atoms with Gasteiger partial charge in [-0.15, -0.1) is 0 Å². The van der Waals surface area contributed by atoms with Crippen LogP contribution in [0.15, 0.2) is 12.1 Å². The molecule has 0 saturated carbocycles. The van der Waals surface area contributed by atoms with Crippen LogP contribution in [0.25, 0.3) is 0 Å². The van der Waals surface area contributed by atoms with Gasteiger partial charge in [-0.2, -0.15) is 0 Å². The highest BCUT2D eigenvalue weighted by atomic mass is 35.5. The molecule has 0 saturated heterocycles. The number of nitrogens with two attached hydrogens (primary N) is 1. The molecule has 0 aliphatic carbocycles. The van der Waals surface area contributed by atoms with Crippen molar-refractivity contribution in [1.82, 2.24) is 10.3 Å². The van der Waals surface area contributed by atoms with Crippen LogP contribution in [0.4, 0.5) is 5.82 Å². The average molecular weight is 276 g/mol. The third-order valence-electron chi connectivity index (χ3n) is 1.94. The number of nitrogens with one attached hydrogen (secondary N) is 1. The van der Waals surface area contributed by atoms with Gasteiger partial charge in [0.1, 0.15) is 11.5 Å². The third kappa shape index (κ3) is 4.32. The molecule has 7 heteroatoms. The van der Waals surface area contributed by atoms with Crippen molar-refractivity contribution in [3.8, 4) is 0 Å². The predicted molar refractivity (Wildman–Crippen MR) is 69.5 cm³/mol. The first-order valence-electron chi connectivity index (χ1n) is 4.93. The first-order valence-corrected chi connectivity index (χ1v) is 7.03. The minimum atomic E-state index is -0.971. The van der Waals surface area contributed by atoms with Crippen molar-refractivity contribution >= 4 is 34.1 Å². The fourth-order valence-electron chi connectivity index (χ4n) is 1.30. The van der Waals surface area contributed by atoms with E-state index in [2.05, 4.69) is 10.3 Å². The molecule has 1 aromatic rings. The van der Waals surface area contributed by atoms with Crippen molar-refractivity contribution in [2.75, 3.05) is 17.7 Å². The van der Waals surface area contributed by atoms with Gasteiger partial charge in [-0.1, -0.05) is 11.6 Å². The molecule has 2 unspecified atom stereocenters. The van der Waals surface area contributed by atoms with Crippen molar-refractivity contribution in [1.29, 1.82) is 0 Å². The number of carbonyl (C=O) groups is 1. The molecule has 1 aromatic heterocycles. The van der Waals surface area contributed by atoms with E-state index in [0.717, 1.165) is 0 Å². The topological polar surface area (TPSA) is 85.1 Å². The SMILES string of the molecule is CC(CS(C)=O)NC(=O)c1nc(N)ccc1Cl. The molecule has 1 heterocycles. The van der Waals surface area contributed by atoms with E-state index in [4.69, 9.17) is 17.3 Å². The molecule has 1 amide bonds. The highest BCUT2D eigenvalue weighted by molar-refractivity contribution is 7.84. The Kier molecular flexibility index (Phi) is 4.89. The summed E-state index contributed by atoms with van der Waals surface area (Å²) in [5, 5.41) is 2.90. The van der Waals surface area contributed by atoms with E-state index in [1.165, 1.54) is 12.1 Å². The first-order chi connectivity index (χ1) is 7.90. The van der Waals surface area contributed by atoms with E-state index < -0.39 is 16.7 Å². The Morgan fingerprint density at radius 2 is 2.29 bits per heavy atom. The highest BCUT2D eigenvalue weighted by Crippen LogP contribution is 2.15. The molecule has 1 rings (SSSR count). The number of halogens is 1. The molecule has 0 bridgehead atoms. The summed E-state index contributed by atoms with van der Waals surface area (Å²) in [4.78, 5) is 15.7. The third-order valence-corrected chi connectivity index (χ3v) is 3.22. The maximum atomic E-state index is 11.8. The van der Waals surface area contributed by atoms with E-state index in [0.29, 0.717) is 5.75 Å². The Morgan fingerprint density at radius 3 is 2.88 bits per heavy atom. The lowest BCUT2D eigenvalue weighted by Gasteiger charge is -2.12. The Balaban J connectivity index is 2.76. The summed E-state index contributed by atoms with van der Waals surface area (Å²) in [6.45, 7) is 1.76. The standard InChI is InChI=1S/C10H14ClN3O2S/c1-6(5-17(2)16)13-10(15)9-7(11)3-4-8(12)14-9/h3-4,6H,5H2,1-2H3,(H2,12,14)(H,13,15). The normalized spacial score (nSPS) is 14.1. The average Bonchev–Trinajstić information content (AvgIpc) is 2.20. The largest absolute Gasteiger partial charge is 0.384 e. The predicted octanol–water partition coefficient (Wildman–Crippen LogP) is 0.814. The van der Waals surface area contributed by atoms with E-state index >= 15 is 0 Å². The van der Waals surface area contributed by atoms with Crippen LogP contribution in [0, 0.1) is 0 Å². The van der Waals surface area contributed by atoms with Gasteiger partial charge in [0.05, 0.1) is 5.02 Å². The number of hydrogen-bond donors (Lipinski definition) is 2. The fourth-order valence-corrected chi connectivity index (χ4v) is 2.28. The lowest BCUT2D eigenvalue weighted by Crippen LogP contribution is -2.36. The van der Waals surface area contributed by atoms with Crippen molar-refractivity contribution in [2.45, 2.75) is 13.0 Å². The number of hydrogen-bond acceptors (Lipinski definition) is 4. The Morgan fingerprint density at radius 1 is 1.65 bits per heavy atom. The number of pyridine rings is 1. The highest BCUT2D eigenvalue weighted by Gasteiger charge is 2.15. The number of amides is 1. The number of aromatic nitrogens is 1. The second kappa shape index (κ2) is 5.97. The van der Waals surface area contributed by atoms with Crippen LogP contribution in [-0.4, -0.2) is 33.2 Å². The molecule has 0 fully saturated rings. The van der Waals surface area contributed by atoms with Gasteiger partial charge in [0.15, 0.2) is 0 Å². The maximum Gasteiger partial charge on any atom is 0.271 e. The molecule has 0 radical (unpaired) electrons. The van der Waals surface area contributed by atoms with Crippen molar-refractivity contribution in [2.24, 2.45) is 0 Å². The zero-order valence-electron chi connectivity index (χ0n) is 9.57. The van der Waals surface area contributed by atoms with Crippen LogP contribution in [-0.2, 0) is 10.8 Å². The summed E-state index contributed by atoms with van der Waals surface area (Å²) in [5.74, 6) is 0.192. The number of nitrogens with zero attached hydrogens (tertiary/aromatic N) is 1. The molecule has 2 atom stereocenters. The summed E-state index contributed by atoms with van der Waals surface area (Å²) in [7, 11) is -0.971. The second-order valence-electron chi connectivity index (χ2n) is 3.68. The summed E-state index contributed by atoms with van der Waals surface area (Å²) in [6.07, 6.45) is 1.58. The molecule has 3 N–H and O–H groups in total. The van der Waals surface area contributed by atoms with Crippen LogP contribution in [0.5, 0.6) is 0 Å². The minimum Gasteiger partial charge on any atom is -0.384 e. The molecule has 0 aliphatic heterocycles. The number of carbonyl (C=O) groups excluding carboxylic acids is 1. The van der Waals surface area contributed by atoms with Gasteiger partial charge in [-0.25, -0.2) is 4.98 Å². The smallest absolute Gasteiger partial charge is 0.271 e. The Labute approximate surface area is 107 Å². The number of rotatable bonds is 4. The van der Waals surface area contributed by atoms with Gasteiger partial charge >= 0.3 is 0 Å². The van der Waals surface area contributed by atoms with E-state index in [1.807, 2.05) is 0 Å². The fraction of sp³-hybridized carbons (Fsp3) is 0.400. The van der Waals surface area contributed by atoms with Gasteiger partial charge in [0.25, 0.3) is 5.91 Å². The zero-order valence-corrected chi connectivity index (χ0v) is 11.1. The van der Waals surface area contributed by atoms with Crippen LogP contribution < -0.4 is 11.1 Å². The minimum absolute atomic E-state index is 0.0837. The summed E-state index contributed by atoms with van der Waals surface area (Å²) >= 11 is 5.84. The van der Waals surface area contributed by atoms with E-state index in [-0.39, 0.29) is 22.6 Å². The maximum absolute atomic E-state index is 11.8. The molecule has 0 spiro atoms. The van der Waals surface area contributed by atoms with Gasteiger partial charge in [0.2, 0.25) is 0 Å². The monoisotopic (exact) mass is 275 g/mol. The van der Waals surface area contributed by atoms with E-state index in [9.17, 15) is 9.00 Å². The van der Waals surface area contributed by atoms with Crippen molar-refractivity contribution < 1.29 is 9.00 Å². The molecule has 0 aromatic carbocycles. The number of nitrogen functional groups attached to an aromatic ring is 1. The summed E-state index contributed by atoms with van der Waals surface area (Å²) in [5.41, 5.74) is 5.56. The molecular formula is C10H14ClN3O2S. The van der Waals surface area contributed by atoms with Crippen LogP contribution in [0.2, 0.25) is 5.02 Å². The summed E-state index contributed by atoms with van der Waals surface area (Å²) < 4.78 is 11.0. The molecular weight excluding hydrogens is 262 g/mol. The summed E-state index contributed by atoms with van der Waals surface area (Å²) in [6, 6.07) is 2.82. The van der Waals surface area contributed by atoms with E-state index in [1.54, 1.807) is 13.2 Å². The van der Waals surface area contributed by atoms with Crippen molar-refractivity contribution in [3.63, 3.8) is 0 Å². The van der Waals surface area contributed by atoms with Gasteiger partial charge in [-0.05, 0) is 19.1 Å². The Bertz CT molecular complexity index is 453. The van der Waals surface area contributed by atoms with Crippen molar-refractivity contribution in [3.05, 3.63) is 22.8 Å². The number of anilines is 1. The molecule has 17 heavy (non-hydrogen) atoms.